The fourth-order valence-corrected chi connectivity index (χ4v) is 3.71. The van der Waals surface area contributed by atoms with E-state index in [2.05, 4.69) is 15.5 Å². The number of rotatable bonds is 9. The molecule has 0 unspecified atom stereocenters. The van der Waals surface area contributed by atoms with Gasteiger partial charge in [0.15, 0.2) is 5.16 Å². The Morgan fingerprint density at radius 3 is 2.77 bits per heavy atom. The molecule has 1 fully saturated rings. The van der Waals surface area contributed by atoms with E-state index < -0.39 is 12.7 Å². The van der Waals surface area contributed by atoms with Gasteiger partial charge in [0.05, 0.1) is 25.5 Å². The zero-order valence-corrected chi connectivity index (χ0v) is 17.8. The molecule has 1 aromatic heterocycles. The number of aromatic nitrogens is 3. The van der Waals surface area contributed by atoms with Crippen molar-refractivity contribution in [1.82, 2.24) is 20.1 Å². The maximum absolute atomic E-state index is 13.1. The van der Waals surface area contributed by atoms with E-state index in [1.54, 1.807) is 4.90 Å². The molecule has 0 aliphatic carbocycles. The van der Waals surface area contributed by atoms with Crippen LogP contribution in [0, 0.1) is 6.92 Å². The number of carbonyl (C=O) groups excluding carboxylic acids is 1. The van der Waals surface area contributed by atoms with Gasteiger partial charge >= 0.3 is 6.18 Å². The lowest BCUT2D eigenvalue weighted by molar-refractivity contribution is -0.141. The van der Waals surface area contributed by atoms with Crippen molar-refractivity contribution in [3.8, 4) is 5.75 Å². The second-order valence-electron chi connectivity index (χ2n) is 6.89. The number of benzene rings is 1. The Morgan fingerprint density at radius 2 is 2.06 bits per heavy atom. The van der Waals surface area contributed by atoms with Crippen LogP contribution in [0.4, 0.5) is 19.1 Å². The summed E-state index contributed by atoms with van der Waals surface area (Å²) in [6.45, 7) is 2.98. The summed E-state index contributed by atoms with van der Waals surface area (Å²) in [4.78, 5) is 13.8. The molecule has 3 rings (SSSR count). The van der Waals surface area contributed by atoms with Crippen molar-refractivity contribution >= 4 is 23.6 Å². The van der Waals surface area contributed by atoms with E-state index in [1.165, 1.54) is 0 Å². The van der Waals surface area contributed by atoms with Gasteiger partial charge in [0, 0.05) is 13.1 Å². The molecule has 1 N–H and O–H groups in total. The second kappa shape index (κ2) is 10.7. The number of thioether (sulfide) groups is 1. The Balaban J connectivity index is 1.51. The Hall–Kier alpha value is -2.47. The van der Waals surface area contributed by atoms with Gasteiger partial charge in [-0.1, -0.05) is 23.9 Å². The first kappa shape index (κ1) is 23.2. The van der Waals surface area contributed by atoms with Crippen LogP contribution in [0.3, 0.4) is 0 Å². The molecule has 12 heteroatoms. The number of anilines is 1. The molecule has 2 heterocycles. The summed E-state index contributed by atoms with van der Waals surface area (Å²) in [5.74, 6) is 0.436. The zero-order valence-electron chi connectivity index (χ0n) is 17.0. The zero-order chi connectivity index (χ0) is 22.3. The first-order chi connectivity index (χ1) is 14.8. The lowest BCUT2D eigenvalue weighted by Gasteiger charge is -2.28. The minimum Gasteiger partial charge on any atom is -0.492 e. The third kappa shape index (κ3) is 7.31. The largest absolute Gasteiger partial charge is 0.492 e. The Bertz CT molecular complexity index is 872. The number of amides is 1. The van der Waals surface area contributed by atoms with E-state index in [0.29, 0.717) is 32.1 Å². The molecule has 1 saturated heterocycles. The number of hydrogen-bond donors (Lipinski definition) is 1. The summed E-state index contributed by atoms with van der Waals surface area (Å²) in [7, 11) is 0. The first-order valence-electron chi connectivity index (χ1n) is 9.73. The van der Waals surface area contributed by atoms with E-state index in [-0.39, 0.29) is 35.9 Å². The molecule has 0 atom stereocenters. The van der Waals surface area contributed by atoms with Crippen molar-refractivity contribution in [2.45, 2.75) is 24.8 Å². The Labute approximate surface area is 182 Å². The minimum absolute atomic E-state index is 0.0463. The number of morpholine rings is 1. The van der Waals surface area contributed by atoms with Crippen molar-refractivity contribution in [3.05, 3.63) is 29.8 Å². The molecule has 170 valence electrons. The van der Waals surface area contributed by atoms with Crippen molar-refractivity contribution in [3.63, 3.8) is 0 Å². The average molecular weight is 459 g/mol. The molecule has 0 spiro atoms. The van der Waals surface area contributed by atoms with Gasteiger partial charge in [-0.2, -0.15) is 13.2 Å². The third-order valence-corrected chi connectivity index (χ3v) is 5.31. The number of aryl methyl sites for hydroxylation is 1. The topological polar surface area (TPSA) is 81.5 Å². The van der Waals surface area contributed by atoms with Crippen LogP contribution in [0.15, 0.2) is 29.4 Å². The molecular weight excluding hydrogens is 435 g/mol. The van der Waals surface area contributed by atoms with E-state index in [1.807, 2.05) is 31.2 Å². The molecule has 1 aliphatic heterocycles. The normalized spacial score (nSPS) is 14.5. The number of carbonyl (C=O) groups is 1. The van der Waals surface area contributed by atoms with Gasteiger partial charge in [0.25, 0.3) is 0 Å². The smallest absolute Gasteiger partial charge is 0.406 e. The molecule has 8 nitrogen and oxygen atoms in total. The van der Waals surface area contributed by atoms with Crippen LogP contribution in [0.5, 0.6) is 5.75 Å². The van der Waals surface area contributed by atoms with E-state index in [9.17, 15) is 18.0 Å². The molecule has 1 aliphatic rings. The van der Waals surface area contributed by atoms with Crippen LogP contribution >= 0.6 is 11.8 Å². The second-order valence-corrected chi connectivity index (χ2v) is 7.83. The van der Waals surface area contributed by atoms with Gasteiger partial charge in [-0.05, 0) is 24.6 Å². The predicted molar refractivity (Wildman–Crippen MR) is 110 cm³/mol. The summed E-state index contributed by atoms with van der Waals surface area (Å²) in [5.41, 5.74) is 1.07. The van der Waals surface area contributed by atoms with Gasteiger partial charge in [-0.25, -0.2) is 0 Å². The standard InChI is InChI=1S/C19H24F3N5O3S/c1-14-3-2-4-15(11-14)30-8-5-23-16(28)12-31-18-25-24-17(26-6-9-29-10-7-26)27(18)13-19(20,21)22/h2-4,11H,5-10,12-13H2,1H3,(H,23,28). The highest BCUT2D eigenvalue weighted by Crippen LogP contribution is 2.27. The number of alkyl halides is 3. The summed E-state index contributed by atoms with van der Waals surface area (Å²) in [5, 5.41) is 10.5. The van der Waals surface area contributed by atoms with Crippen LogP contribution in [0.25, 0.3) is 0 Å². The van der Waals surface area contributed by atoms with Gasteiger partial charge in [0.1, 0.15) is 18.9 Å². The molecular formula is C19H24F3N5O3S. The number of hydrogen-bond acceptors (Lipinski definition) is 7. The van der Waals surface area contributed by atoms with Crippen LogP contribution < -0.4 is 15.0 Å². The fraction of sp³-hybridized carbons (Fsp3) is 0.526. The van der Waals surface area contributed by atoms with Crippen molar-refractivity contribution in [2.24, 2.45) is 0 Å². The van der Waals surface area contributed by atoms with Crippen LogP contribution in [-0.2, 0) is 16.1 Å². The average Bonchev–Trinajstić information content (AvgIpc) is 3.11. The number of ether oxygens (including phenoxy) is 2. The predicted octanol–water partition coefficient (Wildman–Crippen LogP) is 2.27. The first-order valence-corrected chi connectivity index (χ1v) is 10.7. The summed E-state index contributed by atoms with van der Waals surface area (Å²) < 4.78 is 51.1. The number of nitrogens with zero attached hydrogens (tertiary/aromatic N) is 4. The number of nitrogens with one attached hydrogen (secondary N) is 1. The summed E-state index contributed by atoms with van der Waals surface area (Å²) in [6.07, 6.45) is -4.44. The minimum atomic E-state index is -4.44. The van der Waals surface area contributed by atoms with Crippen LogP contribution in [0.2, 0.25) is 0 Å². The highest BCUT2D eigenvalue weighted by atomic mass is 32.2. The van der Waals surface area contributed by atoms with Gasteiger partial charge in [-0.15, -0.1) is 10.2 Å². The molecule has 1 amide bonds. The van der Waals surface area contributed by atoms with Gasteiger partial charge in [-0.3, -0.25) is 9.36 Å². The fourth-order valence-electron chi connectivity index (χ4n) is 2.95. The van der Waals surface area contributed by atoms with E-state index >= 15 is 0 Å². The van der Waals surface area contributed by atoms with Gasteiger partial charge < -0.3 is 19.7 Å². The highest BCUT2D eigenvalue weighted by Gasteiger charge is 2.33. The lowest BCUT2D eigenvalue weighted by Crippen LogP contribution is -2.38. The Kier molecular flexibility index (Phi) is 8.02. The van der Waals surface area contributed by atoms with Crippen LogP contribution in [-0.4, -0.2) is 72.1 Å². The maximum Gasteiger partial charge on any atom is 0.406 e. The lowest BCUT2D eigenvalue weighted by atomic mass is 10.2. The number of halogens is 3. The van der Waals surface area contributed by atoms with E-state index in [0.717, 1.165) is 21.9 Å². The van der Waals surface area contributed by atoms with Crippen molar-refractivity contribution in [1.29, 1.82) is 0 Å². The maximum atomic E-state index is 13.1. The van der Waals surface area contributed by atoms with Gasteiger partial charge in [0.2, 0.25) is 11.9 Å². The summed E-state index contributed by atoms with van der Waals surface area (Å²) >= 11 is 0.916. The monoisotopic (exact) mass is 459 g/mol. The third-order valence-electron chi connectivity index (χ3n) is 4.34. The van der Waals surface area contributed by atoms with Crippen molar-refractivity contribution in [2.75, 3.05) is 50.1 Å². The molecule has 0 bridgehead atoms. The molecule has 0 radical (unpaired) electrons. The molecule has 2 aromatic rings. The summed E-state index contributed by atoms with van der Waals surface area (Å²) in [6, 6.07) is 7.54. The highest BCUT2D eigenvalue weighted by molar-refractivity contribution is 7.99. The van der Waals surface area contributed by atoms with Crippen LogP contribution in [0.1, 0.15) is 5.56 Å². The SMILES string of the molecule is Cc1cccc(OCCNC(=O)CSc2nnc(N3CCOCC3)n2CC(F)(F)F)c1. The quantitative estimate of drug-likeness (QED) is 0.455. The van der Waals surface area contributed by atoms with Crippen molar-refractivity contribution < 1.29 is 27.4 Å². The van der Waals surface area contributed by atoms with E-state index in [4.69, 9.17) is 9.47 Å². The molecule has 0 saturated carbocycles. The Morgan fingerprint density at radius 1 is 1.29 bits per heavy atom. The molecule has 31 heavy (non-hydrogen) atoms. The molecule has 1 aromatic carbocycles.